The Morgan fingerprint density at radius 3 is 2.68 bits per heavy atom. The number of hydrogen-bond acceptors (Lipinski definition) is 3. The van der Waals surface area contributed by atoms with E-state index in [4.69, 9.17) is 9.47 Å². The maximum atomic E-state index is 12.1. The zero-order chi connectivity index (χ0) is 15.9. The van der Waals surface area contributed by atoms with E-state index in [9.17, 15) is 4.79 Å². The van der Waals surface area contributed by atoms with E-state index in [-0.39, 0.29) is 18.2 Å². The van der Waals surface area contributed by atoms with E-state index in [1.165, 1.54) is 12.8 Å². The van der Waals surface area contributed by atoms with E-state index >= 15 is 0 Å². The lowest BCUT2D eigenvalue weighted by atomic mass is 9.99. The Bertz CT molecular complexity index is 485. The molecule has 2 rings (SSSR count). The van der Waals surface area contributed by atoms with Gasteiger partial charge in [-0.15, -0.1) is 0 Å². The van der Waals surface area contributed by atoms with Gasteiger partial charge in [0.25, 0.3) is 0 Å². The van der Waals surface area contributed by atoms with E-state index < -0.39 is 0 Å². The molecule has 0 N–H and O–H groups in total. The summed E-state index contributed by atoms with van der Waals surface area (Å²) in [6, 6.07) is 8.14. The third-order valence-electron chi connectivity index (χ3n) is 4.08. The van der Waals surface area contributed by atoms with Crippen molar-refractivity contribution in [3.05, 3.63) is 33.4 Å². The lowest BCUT2D eigenvalue weighted by molar-refractivity contribution is -0.158. The van der Waals surface area contributed by atoms with E-state index in [0.717, 1.165) is 28.4 Å². The number of carbonyl (C=O) groups excluding carboxylic acids is 1. The van der Waals surface area contributed by atoms with E-state index in [0.29, 0.717) is 12.3 Å². The first-order valence-electron chi connectivity index (χ1n) is 8.12. The molecule has 0 aliphatic heterocycles. The number of benzene rings is 1. The summed E-state index contributed by atoms with van der Waals surface area (Å²) in [4.78, 5) is 12.1. The number of carbonyl (C=O) groups is 1. The van der Waals surface area contributed by atoms with Crippen molar-refractivity contribution in [2.75, 3.05) is 7.11 Å². The Hall–Kier alpha value is -0.620. The van der Waals surface area contributed by atoms with Crippen molar-refractivity contribution in [1.82, 2.24) is 0 Å². The summed E-state index contributed by atoms with van der Waals surface area (Å²) in [5.41, 5.74) is 1.10. The number of methoxy groups -OCH3 is 1. The molecular weight excluding hydrogens is 391 g/mol. The first-order valence-corrected chi connectivity index (χ1v) is 9.20. The van der Waals surface area contributed by atoms with Gasteiger partial charge < -0.3 is 9.47 Å². The Balaban J connectivity index is 2.09. The maximum Gasteiger partial charge on any atom is 0.306 e. The SMILES string of the molecule is CCCC[C@H](OC(=O)CC1CC1)[C@@H](OC)c1ccccc1I. The Labute approximate surface area is 146 Å². The molecule has 22 heavy (non-hydrogen) atoms. The van der Waals surface area contributed by atoms with Crippen LogP contribution in [0.4, 0.5) is 0 Å². The minimum Gasteiger partial charge on any atom is -0.459 e. The van der Waals surface area contributed by atoms with Gasteiger partial charge in [0.2, 0.25) is 0 Å². The normalized spacial score (nSPS) is 17.0. The van der Waals surface area contributed by atoms with Crippen LogP contribution in [0.5, 0.6) is 0 Å². The minimum atomic E-state index is -0.202. The third-order valence-corrected chi connectivity index (χ3v) is 5.06. The fraction of sp³-hybridized carbons (Fsp3) is 0.611. The molecule has 1 fully saturated rings. The molecule has 1 aliphatic rings. The summed E-state index contributed by atoms with van der Waals surface area (Å²) in [5.74, 6) is 0.480. The molecule has 0 saturated heterocycles. The molecule has 0 spiro atoms. The average Bonchev–Trinajstić information content (AvgIpc) is 3.31. The second kappa shape index (κ2) is 8.87. The molecule has 3 nitrogen and oxygen atoms in total. The molecule has 1 aromatic rings. The highest BCUT2D eigenvalue weighted by molar-refractivity contribution is 14.1. The van der Waals surface area contributed by atoms with E-state index in [1.807, 2.05) is 12.1 Å². The van der Waals surface area contributed by atoms with Crippen LogP contribution in [0.25, 0.3) is 0 Å². The van der Waals surface area contributed by atoms with Crippen LogP contribution in [0.1, 0.15) is 57.1 Å². The van der Waals surface area contributed by atoms with Crippen molar-refractivity contribution in [3.63, 3.8) is 0 Å². The van der Waals surface area contributed by atoms with Crippen LogP contribution in [-0.2, 0) is 14.3 Å². The highest BCUT2D eigenvalue weighted by Gasteiger charge is 2.30. The topological polar surface area (TPSA) is 35.5 Å². The standard InChI is InChI=1S/C18H25IO3/c1-3-4-9-16(22-17(20)12-13-10-11-13)18(21-2)14-7-5-6-8-15(14)19/h5-8,13,16,18H,3-4,9-12H2,1-2H3/t16-,18-/m0/s1. The van der Waals surface area contributed by atoms with Crippen molar-refractivity contribution in [2.45, 2.75) is 57.7 Å². The summed E-state index contributed by atoms with van der Waals surface area (Å²) in [5, 5.41) is 0. The van der Waals surface area contributed by atoms with Gasteiger partial charge in [-0.2, -0.15) is 0 Å². The zero-order valence-corrected chi connectivity index (χ0v) is 15.5. The van der Waals surface area contributed by atoms with Gasteiger partial charge in [-0.25, -0.2) is 0 Å². The summed E-state index contributed by atoms with van der Waals surface area (Å²) in [6.45, 7) is 2.15. The van der Waals surface area contributed by atoms with Gasteiger partial charge in [-0.3, -0.25) is 4.79 Å². The molecule has 0 bridgehead atoms. The van der Waals surface area contributed by atoms with Crippen molar-refractivity contribution in [1.29, 1.82) is 0 Å². The van der Waals surface area contributed by atoms with Crippen LogP contribution < -0.4 is 0 Å². The number of halogens is 1. The highest BCUT2D eigenvalue weighted by atomic mass is 127. The van der Waals surface area contributed by atoms with Crippen LogP contribution >= 0.6 is 22.6 Å². The van der Waals surface area contributed by atoms with Gasteiger partial charge >= 0.3 is 5.97 Å². The molecule has 2 atom stereocenters. The van der Waals surface area contributed by atoms with Crippen molar-refractivity contribution < 1.29 is 14.3 Å². The molecular formula is C18H25IO3. The summed E-state index contributed by atoms with van der Waals surface area (Å²) in [7, 11) is 1.70. The minimum absolute atomic E-state index is 0.0726. The lowest BCUT2D eigenvalue weighted by Gasteiger charge is -2.27. The molecule has 0 heterocycles. The monoisotopic (exact) mass is 416 g/mol. The van der Waals surface area contributed by atoms with Crippen LogP contribution in [0, 0.1) is 9.49 Å². The van der Waals surface area contributed by atoms with Gasteiger partial charge in [0.05, 0.1) is 0 Å². The van der Waals surface area contributed by atoms with Crippen LogP contribution in [0.3, 0.4) is 0 Å². The summed E-state index contributed by atoms with van der Waals surface area (Å²) >= 11 is 2.31. The second-order valence-electron chi connectivity index (χ2n) is 6.00. The molecule has 0 aromatic heterocycles. The van der Waals surface area contributed by atoms with Gasteiger partial charge in [0.1, 0.15) is 12.2 Å². The van der Waals surface area contributed by atoms with Gasteiger partial charge in [-0.05, 0) is 65.8 Å². The second-order valence-corrected chi connectivity index (χ2v) is 7.16. The largest absolute Gasteiger partial charge is 0.459 e. The Morgan fingerprint density at radius 2 is 2.09 bits per heavy atom. The smallest absolute Gasteiger partial charge is 0.306 e. The predicted octanol–water partition coefficient (Wildman–Crippen LogP) is 4.88. The number of ether oxygens (including phenoxy) is 2. The summed E-state index contributed by atoms with van der Waals surface area (Å²) in [6.07, 6.45) is 5.46. The van der Waals surface area contributed by atoms with E-state index in [1.54, 1.807) is 7.11 Å². The van der Waals surface area contributed by atoms with Gasteiger partial charge in [0, 0.05) is 17.1 Å². The number of rotatable bonds is 9. The fourth-order valence-corrected chi connectivity index (χ4v) is 3.33. The number of hydrogen-bond donors (Lipinski definition) is 0. The highest BCUT2D eigenvalue weighted by Crippen LogP contribution is 2.34. The maximum absolute atomic E-state index is 12.1. The van der Waals surface area contributed by atoms with Crippen LogP contribution in [0.15, 0.2) is 24.3 Å². The molecule has 0 radical (unpaired) electrons. The molecule has 1 aliphatic carbocycles. The quantitative estimate of drug-likeness (QED) is 0.425. The molecule has 122 valence electrons. The number of esters is 1. The lowest BCUT2D eigenvalue weighted by Crippen LogP contribution is -2.27. The molecule has 0 amide bonds. The fourth-order valence-electron chi connectivity index (χ4n) is 2.64. The van der Waals surface area contributed by atoms with Crippen molar-refractivity contribution in [2.24, 2.45) is 5.92 Å². The van der Waals surface area contributed by atoms with Crippen LogP contribution in [0.2, 0.25) is 0 Å². The third kappa shape index (κ3) is 5.23. The molecule has 0 unspecified atom stereocenters. The van der Waals surface area contributed by atoms with Gasteiger partial charge in [0.15, 0.2) is 0 Å². The number of unbranched alkanes of at least 4 members (excludes halogenated alkanes) is 1. The van der Waals surface area contributed by atoms with Crippen molar-refractivity contribution >= 4 is 28.6 Å². The Kier molecular flexibility index (Phi) is 7.15. The average molecular weight is 416 g/mol. The first-order chi connectivity index (χ1) is 10.7. The zero-order valence-electron chi connectivity index (χ0n) is 13.4. The Morgan fingerprint density at radius 1 is 1.36 bits per heavy atom. The van der Waals surface area contributed by atoms with Gasteiger partial charge in [-0.1, -0.05) is 31.5 Å². The summed E-state index contributed by atoms with van der Waals surface area (Å²) < 4.78 is 12.7. The molecule has 1 saturated carbocycles. The van der Waals surface area contributed by atoms with E-state index in [2.05, 4.69) is 41.6 Å². The predicted molar refractivity (Wildman–Crippen MR) is 95.7 cm³/mol. The van der Waals surface area contributed by atoms with Crippen molar-refractivity contribution in [3.8, 4) is 0 Å². The molecule has 1 aromatic carbocycles. The molecule has 4 heteroatoms. The first kappa shape index (κ1) is 17.7. The van der Waals surface area contributed by atoms with Crippen LogP contribution in [-0.4, -0.2) is 19.2 Å².